The predicted molar refractivity (Wildman–Crippen MR) is 87.1 cm³/mol. The number of aromatic nitrogens is 2. The molecule has 126 valence electrons. The molecular formula is C16H18N4O4. The van der Waals surface area contributed by atoms with Crippen LogP contribution in [0.5, 0.6) is 0 Å². The number of methoxy groups -OCH3 is 1. The molecule has 0 saturated carbocycles. The van der Waals surface area contributed by atoms with Gasteiger partial charge in [0.1, 0.15) is 5.56 Å². The van der Waals surface area contributed by atoms with Gasteiger partial charge in [0.15, 0.2) is 0 Å². The molecule has 1 saturated heterocycles. The number of carbonyl (C=O) groups excluding carboxylic acids is 1. The summed E-state index contributed by atoms with van der Waals surface area (Å²) in [5, 5.41) is 15.4. The van der Waals surface area contributed by atoms with Crippen LogP contribution >= 0.6 is 0 Å². The van der Waals surface area contributed by atoms with Gasteiger partial charge in [0.25, 0.3) is 5.69 Å². The lowest BCUT2D eigenvalue weighted by Crippen LogP contribution is -2.36. The minimum Gasteiger partial charge on any atom is -0.465 e. The fourth-order valence-electron chi connectivity index (χ4n) is 3.06. The van der Waals surface area contributed by atoms with Gasteiger partial charge in [-0.3, -0.25) is 14.8 Å². The molecule has 1 unspecified atom stereocenters. The van der Waals surface area contributed by atoms with Crippen molar-refractivity contribution in [3.05, 3.63) is 52.3 Å². The minimum atomic E-state index is -0.704. The Morgan fingerprint density at radius 3 is 2.96 bits per heavy atom. The van der Waals surface area contributed by atoms with E-state index in [1.54, 1.807) is 12.3 Å². The molecule has 8 nitrogen and oxygen atoms in total. The molecule has 24 heavy (non-hydrogen) atoms. The summed E-state index contributed by atoms with van der Waals surface area (Å²) in [6.45, 7) is 1.57. The molecule has 2 heterocycles. The van der Waals surface area contributed by atoms with E-state index in [2.05, 4.69) is 14.7 Å². The summed E-state index contributed by atoms with van der Waals surface area (Å²) in [6, 6.07) is 6.70. The van der Waals surface area contributed by atoms with E-state index >= 15 is 0 Å². The Labute approximate surface area is 138 Å². The molecule has 0 N–H and O–H groups in total. The first-order valence-corrected chi connectivity index (χ1v) is 7.71. The van der Waals surface area contributed by atoms with E-state index in [-0.39, 0.29) is 17.3 Å². The second-order valence-corrected chi connectivity index (χ2v) is 5.68. The van der Waals surface area contributed by atoms with Crippen LogP contribution in [0.3, 0.4) is 0 Å². The number of hydrogen-bond donors (Lipinski definition) is 0. The van der Waals surface area contributed by atoms with Gasteiger partial charge in [-0.2, -0.15) is 5.10 Å². The number of hydrogen-bond acceptors (Lipinski definition) is 6. The summed E-state index contributed by atoms with van der Waals surface area (Å²) in [5.74, 6) is -0.704. The highest BCUT2D eigenvalue weighted by Crippen LogP contribution is 2.30. The summed E-state index contributed by atoms with van der Waals surface area (Å²) in [5.41, 5.74) is 0.505. The van der Waals surface area contributed by atoms with Crippen LogP contribution in [-0.4, -0.2) is 40.9 Å². The van der Waals surface area contributed by atoms with Crippen LogP contribution in [0.25, 0.3) is 0 Å². The molecule has 1 aliphatic heterocycles. The number of carbonyl (C=O) groups is 1. The van der Waals surface area contributed by atoms with Crippen molar-refractivity contribution >= 4 is 17.3 Å². The van der Waals surface area contributed by atoms with Gasteiger partial charge in [0.2, 0.25) is 0 Å². The number of esters is 1. The Hall–Kier alpha value is -2.90. The van der Waals surface area contributed by atoms with Gasteiger partial charge < -0.3 is 9.64 Å². The fourth-order valence-corrected chi connectivity index (χ4v) is 3.06. The molecule has 1 atom stereocenters. The number of nitro groups is 1. The molecule has 0 bridgehead atoms. The zero-order valence-electron chi connectivity index (χ0n) is 13.3. The van der Waals surface area contributed by atoms with Crippen LogP contribution in [0.15, 0.2) is 36.7 Å². The lowest BCUT2D eigenvalue weighted by molar-refractivity contribution is -0.385. The Morgan fingerprint density at radius 2 is 2.29 bits per heavy atom. The van der Waals surface area contributed by atoms with Crippen molar-refractivity contribution < 1.29 is 14.5 Å². The highest BCUT2D eigenvalue weighted by atomic mass is 16.6. The molecule has 0 aliphatic carbocycles. The SMILES string of the molecule is COC(=O)c1cc(N2CCCC(n3cccn3)C2)ccc1[N+](=O)[O-]. The Bertz CT molecular complexity index is 745. The van der Waals surface area contributed by atoms with Gasteiger partial charge in [-0.15, -0.1) is 0 Å². The fraction of sp³-hybridized carbons (Fsp3) is 0.375. The molecule has 0 spiro atoms. The van der Waals surface area contributed by atoms with Crippen LogP contribution in [0.4, 0.5) is 11.4 Å². The van der Waals surface area contributed by atoms with E-state index in [0.717, 1.165) is 31.6 Å². The Morgan fingerprint density at radius 1 is 1.46 bits per heavy atom. The van der Waals surface area contributed by atoms with E-state index in [9.17, 15) is 14.9 Å². The lowest BCUT2D eigenvalue weighted by atomic mass is 10.0. The standard InChI is InChI=1S/C16H18N4O4/c1-24-16(21)14-10-12(5-6-15(14)20(22)23)18-8-2-4-13(11-18)19-9-3-7-17-19/h3,5-7,9-10,13H,2,4,8,11H2,1H3. The number of nitrogens with zero attached hydrogens (tertiary/aromatic N) is 4. The van der Waals surface area contributed by atoms with Gasteiger partial charge in [-0.05, 0) is 31.0 Å². The molecule has 0 radical (unpaired) electrons. The van der Waals surface area contributed by atoms with Gasteiger partial charge in [-0.1, -0.05) is 0 Å². The van der Waals surface area contributed by atoms with Crippen molar-refractivity contribution in [3.63, 3.8) is 0 Å². The molecule has 2 aromatic rings. The summed E-state index contributed by atoms with van der Waals surface area (Å²) >= 11 is 0. The molecule has 1 fully saturated rings. The average Bonchev–Trinajstić information content (AvgIpc) is 3.15. The lowest BCUT2D eigenvalue weighted by Gasteiger charge is -2.34. The van der Waals surface area contributed by atoms with Crippen LogP contribution in [-0.2, 0) is 4.74 Å². The first-order chi connectivity index (χ1) is 11.6. The highest BCUT2D eigenvalue weighted by molar-refractivity contribution is 5.95. The zero-order valence-corrected chi connectivity index (χ0v) is 13.3. The number of rotatable bonds is 4. The largest absolute Gasteiger partial charge is 0.465 e. The third kappa shape index (κ3) is 3.08. The second-order valence-electron chi connectivity index (χ2n) is 5.68. The maximum absolute atomic E-state index is 11.9. The third-order valence-corrected chi connectivity index (χ3v) is 4.24. The minimum absolute atomic E-state index is 0.0267. The number of piperidine rings is 1. The van der Waals surface area contributed by atoms with E-state index in [1.807, 2.05) is 16.9 Å². The van der Waals surface area contributed by atoms with Crippen LogP contribution < -0.4 is 4.90 Å². The predicted octanol–water partition coefficient (Wildman–Crippen LogP) is 2.42. The summed E-state index contributed by atoms with van der Waals surface area (Å²) in [4.78, 5) is 24.5. The van der Waals surface area contributed by atoms with Gasteiger partial charge in [0.05, 0.1) is 18.1 Å². The van der Waals surface area contributed by atoms with Crippen molar-refractivity contribution in [1.82, 2.24) is 9.78 Å². The maximum Gasteiger partial charge on any atom is 0.344 e. The quantitative estimate of drug-likeness (QED) is 0.486. The second kappa shape index (κ2) is 6.69. The van der Waals surface area contributed by atoms with Crippen molar-refractivity contribution in [2.24, 2.45) is 0 Å². The van der Waals surface area contributed by atoms with Crippen molar-refractivity contribution in [3.8, 4) is 0 Å². The molecule has 1 aromatic heterocycles. The normalized spacial score (nSPS) is 17.5. The first-order valence-electron chi connectivity index (χ1n) is 7.71. The van der Waals surface area contributed by atoms with Crippen LogP contribution in [0.1, 0.15) is 29.2 Å². The Balaban J connectivity index is 1.88. The van der Waals surface area contributed by atoms with Crippen molar-refractivity contribution in [2.75, 3.05) is 25.1 Å². The molecule has 1 aliphatic rings. The summed E-state index contributed by atoms with van der Waals surface area (Å²) < 4.78 is 6.60. The van der Waals surface area contributed by atoms with E-state index in [1.165, 1.54) is 19.2 Å². The van der Waals surface area contributed by atoms with Gasteiger partial charge in [-0.25, -0.2) is 4.79 Å². The first kappa shape index (κ1) is 16.0. The topological polar surface area (TPSA) is 90.5 Å². The van der Waals surface area contributed by atoms with Crippen LogP contribution in [0, 0.1) is 10.1 Å². The average molecular weight is 330 g/mol. The van der Waals surface area contributed by atoms with Crippen LogP contribution in [0.2, 0.25) is 0 Å². The van der Waals surface area contributed by atoms with Gasteiger partial charge >= 0.3 is 5.97 Å². The molecule has 0 amide bonds. The smallest absolute Gasteiger partial charge is 0.344 e. The number of anilines is 1. The summed E-state index contributed by atoms with van der Waals surface area (Å²) in [6.07, 6.45) is 5.69. The van der Waals surface area contributed by atoms with Crippen molar-refractivity contribution in [2.45, 2.75) is 18.9 Å². The summed E-state index contributed by atoms with van der Waals surface area (Å²) in [7, 11) is 1.22. The van der Waals surface area contributed by atoms with E-state index in [0.29, 0.717) is 0 Å². The molecule has 8 heteroatoms. The molecular weight excluding hydrogens is 312 g/mol. The number of ether oxygens (including phenoxy) is 1. The highest BCUT2D eigenvalue weighted by Gasteiger charge is 2.26. The zero-order chi connectivity index (χ0) is 17.1. The number of benzene rings is 1. The Kier molecular flexibility index (Phi) is 4.45. The van der Waals surface area contributed by atoms with Crippen molar-refractivity contribution in [1.29, 1.82) is 0 Å². The monoisotopic (exact) mass is 330 g/mol. The van der Waals surface area contributed by atoms with E-state index < -0.39 is 10.9 Å². The van der Waals surface area contributed by atoms with E-state index in [4.69, 9.17) is 0 Å². The molecule has 3 rings (SSSR count). The molecule has 1 aromatic carbocycles. The third-order valence-electron chi connectivity index (χ3n) is 4.24. The number of nitro benzene ring substituents is 1. The maximum atomic E-state index is 11.9. The van der Waals surface area contributed by atoms with Gasteiger partial charge in [0, 0.05) is 37.2 Å².